The summed E-state index contributed by atoms with van der Waals surface area (Å²) in [7, 11) is 0. The van der Waals surface area contributed by atoms with Gasteiger partial charge in [-0.25, -0.2) is 0 Å². The van der Waals surface area contributed by atoms with Crippen LogP contribution in [0.15, 0.2) is 24.3 Å². The van der Waals surface area contributed by atoms with Gasteiger partial charge in [0, 0.05) is 10.5 Å². The van der Waals surface area contributed by atoms with Crippen LogP contribution in [0.4, 0.5) is 0 Å². The summed E-state index contributed by atoms with van der Waals surface area (Å²) in [6.45, 7) is -0.588. The molecule has 0 saturated heterocycles. The molecular formula is C9H9NO5. The second-order valence-electron chi connectivity index (χ2n) is 3.17. The van der Waals surface area contributed by atoms with E-state index in [4.69, 9.17) is 14.9 Å². The molecule has 0 aliphatic carbocycles. The minimum atomic E-state index is -1.20. The zero-order valence-electron chi connectivity index (χ0n) is 7.70. The molecule has 0 aromatic heterocycles. The second-order valence-corrected chi connectivity index (χ2v) is 3.17. The van der Waals surface area contributed by atoms with Crippen LogP contribution in [0, 0.1) is 10.1 Å². The summed E-state index contributed by atoms with van der Waals surface area (Å²) in [5, 5.41) is 19.5. The molecule has 0 radical (unpaired) electrons. The highest BCUT2D eigenvalue weighted by molar-refractivity contribution is 5.37. The summed E-state index contributed by atoms with van der Waals surface area (Å²) in [5.74, 6) is 0.461. The molecule has 1 N–H and O–H groups in total. The van der Waals surface area contributed by atoms with Crippen molar-refractivity contribution in [2.24, 2.45) is 0 Å². The Labute approximate surface area is 85.1 Å². The van der Waals surface area contributed by atoms with E-state index in [1.165, 1.54) is 0 Å². The molecule has 80 valence electrons. The molecule has 1 aromatic carbocycles. The third-order valence-corrected chi connectivity index (χ3v) is 2.27. The van der Waals surface area contributed by atoms with Gasteiger partial charge in [0.2, 0.25) is 6.10 Å². The molecule has 1 aromatic rings. The lowest BCUT2D eigenvalue weighted by Crippen LogP contribution is -2.31. The molecule has 0 amide bonds. The average molecular weight is 211 g/mol. The van der Waals surface area contributed by atoms with Crippen LogP contribution in [-0.2, 0) is 4.89 Å². The maximum atomic E-state index is 10.6. The van der Waals surface area contributed by atoms with Crippen LogP contribution in [0.1, 0.15) is 11.7 Å². The van der Waals surface area contributed by atoms with E-state index in [0.717, 1.165) is 0 Å². The standard InChI is InChI=1S/C9H9NO5/c11-5-7(10(12)13)9-6-3-1-2-4-8(6)14-15-9/h1-4,7,9,11H,5H2. The van der Waals surface area contributed by atoms with Gasteiger partial charge >= 0.3 is 0 Å². The monoisotopic (exact) mass is 211 g/mol. The van der Waals surface area contributed by atoms with Gasteiger partial charge in [-0.1, -0.05) is 18.2 Å². The second kappa shape index (κ2) is 3.84. The number of benzene rings is 1. The number of nitro groups is 1. The molecule has 1 heterocycles. The van der Waals surface area contributed by atoms with E-state index < -0.39 is 23.7 Å². The van der Waals surface area contributed by atoms with Crippen molar-refractivity contribution in [3.8, 4) is 5.75 Å². The predicted molar refractivity (Wildman–Crippen MR) is 48.8 cm³/mol. The quantitative estimate of drug-likeness (QED) is 0.452. The van der Waals surface area contributed by atoms with Crippen molar-refractivity contribution < 1.29 is 19.8 Å². The van der Waals surface area contributed by atoms with Gasteiger partial charge in [-0.05, 0) is 6.07 Å². The van der Waals surface area contributed by atoms with Crippen molar-refractivity contribution >= 4 is 0 Å². The highest BCUT2D eigenvalue weighted by atomic mass is 17.2. The molecule has 2 rings (SSSR count). The molecule has 15 heavy (non-hydrogen) atoms. The van der Waals surface area contributed by atoms with Crippen LogP contribution in [0.3, 0.4) is 0 Å². The molecule has 2 unspecified atom stereocenters. The number of para-hydroxylation sites is 1. The Balaban J connectivity index is 2.30. The number of hydrogen-bond donors (Lipinski definition) is 1. The lowest BCUT2D eigenvalue weighted by molar-refractivity contribution is -0.546. The van der Waals surface area contributed by atoms with Crippen molar-refractivity contribution in [1.82, 2.24) is 0 Å². The lowest BCUT2D eigenvalue weighted by Gasteiger charge is -2.10. The number of fused-ring (bicyclic) bond motifs is 1. The maximum Gasteiger partial charge on any atom is 0.269 e. The van der Waals surface area contributed by atoms with Gasteiger partial charge in [0.15, 0.2) is 5.75 Å². The largest absolute Gasteiger partial charge is 0.389 e. The van der Waals surface area contributed by atoms with E-state index in [0.29, 0.717) is 11.3 Å². The highest BCUT2D eigenvalue weighted by Gasteiger charge is 2.40. The number of rotatable bonds is 3. The first kappa shape index (κ1) is 9.88. The fraction of sp³-hybridized carbons (Fsp3) is 0.333. The Hall–Kier alpha value is -1.66. The van der Waals surface area contributed by atoms with Gasteiger partial charge in [0.05, 0.1) is 0 Å². The Kier molecular flexibility index (Phi) is 2.53. The molecule has 0 saturated carbocycles. The van der Waals surface area contributed by atoms with Gasteiger partial charge in [-0.2, -0.15) is 4.89 Å². The van der Waals surface area contributed by atoms with Crippen LogP contribution < -0.4 is 4.89 Å². The van der Waals surface area contributed by atoms with E-state index >= 15 is 0 Å². The number of aliphatic hydroxyl groups excluding tert-OH is 1. The van der Waals surface area contributed by atoms with Crippen LogP contribution >= 0.6 is 0 Å². The van der Waals surface area contributed by atoms with Crippen molar-refractivity contribution in [1.29, 1.82) is 0 Å². The highest BCUT2D eigenvalue weighted by Crippen LogP contribution is 2.37. The summed E-state index contributed by atoms with van der Waals surface area (Å²) in [6.07, 6.45) is -0.846. The summed E-state index contributed by atoms with van der Waals surface area (Å²) >= 11 is 0. The molecule has 0 spiro atoms. The fourth-order valence-corrected chi connectivity index (χ4v) is 1.49. The minimum Gasteiger partial charge on any atom is -0.389 e. The van der Waals surface area contributed by atoms with Crippen LogP contribution in [0.2, 0.25) is 0 Å². The number of nitrogens with zero attached hydrogens (tertiary/aromatic N) is 1. The van der Waals surface area contributed by atoms with Crippen LogP contribution in [0.5, 0.6) is 5.75 Å². The molecule has 2 atom stereocenters. The van der Waals surface area contributed by atoms with Crippen molar-refractivity contribution in [3.05, 3.63) is 39.9 Å². The van der Waals surface area contributed by atoms with Crippen LogP contribution in [-0.4, -0.2) is 22.7 Å². The Morgan fingerprint density at radius 2 is 2.27 bits per heavy atom. The van der Waals surface area contributed by atoms with Gasteiger partial charge < -0.3 is 9.99 Å². The first-order valence-electron chi connectivity index (χ1n) is 4.40. The minimum absolute atomic E-state index is 0.461. The van der Waals surface area contributed by atoms with E-state index in [1.807, 2.05) is 0 Å². The summed E-state index contributed by atoms with van der Waals surface area (Å²) in [5.41, 5.74) is 0.591. The first-order chi connectivity index (χ1) is 7.24. The summed E-state index contributed by atoms with van der Waals surface area (Å²) < 4.78 is 0. The third kappa shape index (κ3) is 1.64. The zero-order chi connectivity index (χ0) is 10.8. The van der Waals surface area contributed by atoms with Crippen molar-refractivity contribution in [3.63, 3.8) is 0 Å². The molecule has 0 fully saturated rings. The smallest absolute Gasteiger partial charge is 0.269 e. The topological polar surface area (TPSA) is 81.8 Å². The van der Waals surface area contributed by atoms with Gasteiger partial charge in [0.1, 0.15) is 6.61 Å². The SMILES string of the molecule is O=[N+]([O-])C(CO)C1OOc2ccccc21. The lowest BCUT2D eigenvalue weighted by atomic mass is 10.0. The zero-order valence-corrected chi connectivity index (χ0v) is 7.70. The van der Waals surface area contributed by atoms with E-state index in [9.17, 15) is 10.1 Å². The maximum absolute atomic E-state index is 10.6. The third-order valence-electron chi connectivity index (χ3n) is 2.27. The summed E-state index contributed by atoms with van der Waals surface area (Å²) in [6, 6.07) is 5.61. The van der Waals surface area contributed by atoms with Gasteiger partial charge in [0.25, 0.3) is 6.04 Å². The number of hydrogen-bond acceptors (Lipinski definition) is 5. The fourth-order valence-electron chi connectivity index (χ4n) is 1.49. The average Bonchev–Trinajstić information content (AvgIpc) is 2.63. The molecule has 0 bridgehead atoms. The summed E-state index contributed by atoms with van der Waals surface area (Å²) in [4.78, 5) is 19.7. The Bertz CT molecular complexity index is 381. The Morgan fingerprint density at radius 1 is 1.53 bits per heavy atom. The molecule has 6 heteroatoms. The molecule has 1 aliphatic heterocycles. The van der Waals surface area contributed by atoms with Gasteiger partial charge in [-0.15, -0.1) is 0 Å². The molecule has 1 aliphatic rings. The Morgan fingerprint density at radius 3 is 2.93 bits per heavy atom. The predicted octanol–water partition coefficient (Wildman–Crippen LogP) is 0.689. The first-order valence-corrected chi connectivity index (χ1v) is 4.40. The van der Waals surface area contributed by atoms with E-state index in [1.54, 1.807) is 24.3 Å². The van der Waals surface area contributed by atoms with Gasteiger partial charge in [-0.3, -0.25) is 10.1 Å². The van der Waals surface area contributed by atoms with Crippen molar-refractivity contribution in [2.75, 3.05) is 6.61 Å². The van der Waals surface area contributed by atoms with Crippen molar-refractivity contribution in [2.45, 2.75) is 12.1 Å². The van der Waals surface area contributed by atoms with E-state index in [2.05, 4.69) is 0 Å². The molecule has 6 nitrogen and oxygen atoms in total. The van der Waals surface area contributed by atoms with Crippen LogP contribution in [0.25, 0.3) is 0 Å². The molecular weight excluding hydrogens is 202 g/mol. The normalized spacial score (nSPS) is 20.5. The van der Waals surface area contributed by atoms with E-state index in [-0.39, 0.29) is 0 Å². The number of aliphatic hydroxyl groups is 1.